The standard InChI is InChI=1S/C20H26N2O2/c1-23-17-11-10-16(19(13-17)24-2)14-22-18-9-6-12-21-20(18)15-7-4-3-5-8-15/h3-5,7-8,10-11,13,18,20-22H,6,9,12,14H2,1-2H3/t18-,20-/m0/s1. The van der Waals surface area contributed by atoms with Crippen molar-refractivity contribution in [2.75, 3.05) is 20.8 Å². The Morgan fingerprint density at radius 2 is 1.92 bits per heavy atom. The number of piperidine rings is 1. The topological polar surface area (TPSA) is 42.5 Å². The summed E-state index contributed by atoms with van der Waals surface area (Å²) in [4.78, 5) is 0. The van der Waals surface area contributed by atoms with Crippen molar-refractivity contribution >= 4 is 0 Å². The van der Waals surface area contributed by atoms with Crippen LogP contribution in [0.25, 0.3) is 0 Å². The monoisotopic (exact) mass is 326 g/mol. The molecule has 1 saturated heterocycles. The molecule has 0 spiro atoms. The van der Waals surface area contributed by atoms with Crippen molar-refractivity contribution in [3.63, 3.8) is 0 Å². The van der Waals surface area contributed by atoms with Gasteiger partial charge in [-0.15, -0.1) is 0 Å². The van der Waals surface area contributed by atoms with E-state index in [1.54, 1.807) is 14.2 Å². The summed E-state index contributed by atoms with van der Waals surface area (Å²) in [7, 11) is 3.37. The summed E-state index contributed by atoms with van der Waals surface area (Å²) in [6, 6.07) is 17.4. The molecule has 0 aliphatic carbocycles. The van der Waals surface area contributed by atoms with Crippen molar-refractivity contribution in [3.05, 3.63) is 59.7 Å². The van der Waals surface area contributed by atoms with Gasteiger partial charge < -0.3 is 20.1 Å². The predicted molar refractivity (Wildman–Crippen MR) is 96.6 cm³/mol. The van der Waals surface area contributed by atoms with E-state index in [1.807, 2.05) is 12.1 Å². The number of rotatable bonds is 6. The van der Waals surface area contributed by atoms with E-state index in [1.165, 1.54) is 18.4 Å². The van der Waals surface area contributed by atoms with Gasteiger partial charge in [-0.3, -0.25) is 0 Å². The number of ether oxygens (including phenoxy) is 2. The molecule has 3 rings (SSSR count). The Morgan fingerprint density at radius 3 is 2.67 bits per heavy atom. The van der Waals surface area contributed by atoms with E-state index >= 15 is 0 Å². The van der Waals surface area contributed by atoms with Gasteiger partial charge in [0.1, 0.15) is 11.5 Å². The first kappa shape index (κ1) is 16.8. The minimum Gasteiger partial charge on any atom is -0.497 e. The van der Waals surface area contributed by atoms with Gasteiger partial charge in [-0.2, -0.15) is 0 Å². The zero-order valence-electron chi connectivity index (χ0n) is 14.4. The normalized spacial score (nSPS) is 20.6. The average Bonchev–Trinajstić information content (AvgIpc) is 2.67. The maximum Gasteiger partial charge on any atom is 0.127 e. The van der Waals surface area contributed by atoms with Crippen LogP contribution < -0.4 is 20.1 Å². The summed E-state index contributed by atoms with van der Waals surface area (Å²) in [5.41, 5.74) is 2.49. The van der Waals surface area contributed by atoms with Gasteiger partial charge in [0.2, 0.25) is 0 Å². The maximum absolute atomic E-state index is 5.50. The fraction of sp³-hybridized carbons (Fsp3) is 0.400. The molecule has 4 nitrogen and oxygen atoms in total. The smallest absolute Gasteiger partial charge is 0.127 e. The summed E-state index contributed by atoms with van der Waals surface area (Å²) in [6.07, 6.45) is 2.37. The average molecular weight is 326 g/mol. The van der Waals surface area contributed by atoms with E-state index < -0.39 is 0 Å². The first-order valence-electron chi connectivity index (χ1n) is 8.54. The van der Waals surface area contributed by atoms with Gasteiger partial charge in [-0.25, -0.2) is 0 Å². The van der Waals surface area contributed by atoms with Gasteiger partial charge >= 0.3 is 0 Å². The van der Waals surface area contributed by atoms with E-state index in [-0.39, 0.29) is 0 Å². The van der Waals surface area contributed by atoms with Gasteiger partial charge in [0.05, 0.1) is 14.2 Å². The van der Waals surface area contributed by atoms with Crippen molar-refractivity contribution < 1.29 is 9.47 Å². The molecule has 0 radical (unpaired) electrons. The molecule has 4 heteroatoms. The fourth-order valence-corrected chi connectivity index (χ4v) is 3.36. The first-order valence-corrected chi connectivity index (χ1v) is 8.54. The highest BCUT2D eigenvalue weighted by Crippen LogP contribution is 2.27. The molecule has 0 bridgehead atoms. The van der Waals surface area contributed by atoms with Gasteiger partial charge in [-0.05, 0) is 31.0 Å². The van der Waals surface area contributed by atoms with Crippen LogP contribution in [0.2, 0.25) is 0 Å². The highest BCUT2D eigenvalue weighted by molar-refractivity contribution is 5.40. The zero-order chi connectivity index (χ0) is 16.8. The highest BCUT2D eigenvalue weighted by atomic mass is 16.5. The second-order valence-electron chi connectivity index (χ2n) is 6.15. The summed E-state index contributed by atoms with van der Waals surface area (Å²) in [5, 5.41) is 7.37. The van der Waals surface area contributed by atoms with Crippen molar-refractivity contribution in [1.82, 2.24) is 10.6 Å². The molecular formula is C20H26N2O2. The van der Waals surface area contributed by atoms with Crippen molar-refractivity contribution in [3.8, 4) is 11.5 Å². The van der Waals surface area contributed by atoms with Crippen molar-refractivity contribution in [1.29, 1.82) is 0 Å². The van der Waals surface area contributed by atoms with E-state index in [4.69, 9.17) is 9.47 Å². The Morgan fingerprint density at radius 1 is 1.08 bits per heavy atom. The van der Waals surface area contributed by atoms with Gasteiger partial charge in [-0.1, -0.05) is 36.4 Å². The van der Waals surface area contributed by atoms with Crippen LogP contribution in [-0.2, 0) is 6.54 Å². The molecule has 0 aromatic heterocycles. The maximum atomic E-state index is 5.50. The number of hydrogen-bond donors (Lipinski definition) is 2. The number of hydrogen-bond acceptors (Lipinski definition) is 4. The Bertz CT molecular complexity index is 645. The molecule has 128 valence electrons. The molecule has 1 aliphatic rings. The lowest BCUT2D eigenvalue weighted by Gasteiger charge is -2.34. The highest BCUT2D eigenvalue weighted by Gasteiger charge is 2.25. The van der Waals surface area contributed by atoms with Crippen molar-refractivity contribution in [2.45, 2.75) is 31.5 Å². The quantitative estimate of drug-likeness (QED) is 0.855. The lowest BCUT2D eigenvalue weighted by atomic mass is 9.92. The summed E-state index contributed by atoms with van der Waals surface area (Å²) in [5.74, 6) is 1.68. The number of methoxy groups -OCH3 is 2. The number of nitrogens with one attached hydrogen (secondary N) is 2. The Hall–Kier alpha value is -2.04. The molecule has 2 aromatic rings. The second-order valence-corrected chi connectivity index (χ2v) is 6.15. The Kier molecular flexibility index (Phi) is 5.72. The molecule has 0 amide bonds. The van der Waals surface area contributed by atoms with Crippen LogP contribution >= 0.6 is 0 Å². The second kappa shape index (κ2) is 8.18. The van der Waals surface area contributed by atoms with Crippen LogP contribution in [0, 0.1) is 0 Å². The van der Waals surface area contributed by atoms with Gasteiger partial charge in [0, 0.05) is 30.3 Å². The Balaban J connectivity index is 1.70. The SMILES string of the molecule is COc1ccc(CN[C@H]2CCCN[C@H]2c2ccccc2)c(OC)c1. The first-order chi connectivity index (χ1) is 11.8. The molecule has 2 N–H and O–H groups in total. The summed E-state index contributed by atoms with van der Waals surface area (Å²) >= 11 is 0. The van der Waals surface area contributed by atoms with Crippen LogP contribution in [0.15, 0.2) is 48.5 Å². The van der Waals surface area contributed by atoms with Crippen LogP contribution in [-0.4, -0.2) is 26.8 Å². The molecule has 2 aromatic carbocycles. The minimum atomic E-state index is 0.351. The number of benzene rings is 2. The van der Waals surface area contributed by atoms with Crippen LogP contribution in [0.4, 0.5) is 0 Å². The molecular weight excluding hydrogens is 300 g/mol. The third-order valence-corrected chi connectivity index (χ3v) is 4.67. The Labute approximate surface area is 144 Å². The van der Waals surface area contributed by atoms with E-state index in [2.05, 4.69) is 47.0 Å². The third-order valence-electron chi connectivity index (χ3n) is 4.67. The molecule has 24 heavy (non-hydrogen) atoms. The molecule has 1 aliphatic heterocycles. The van der Waals surface area contributed by atoms with Crippen LogP contribution in [0.1, 0.15) is 30.0 Å². The molecule has 0 saturated carbocycles. The minimum absolute atomic E-state index is 0.351. The largest absolute Gasteiger partial charge is 0.497 e. The van der Waals surface area contributed by atoms with E-state index in [9.17, 15) is 0 Å². The molecule has 2 atom stereocenters. The lowest BCUT2D eigenvalue weighted by Crippen LogP contribution is -2.45. The molecule has 0 unspecified atom stereocenters. The lowest BCUT2D eigenvalue weighted by molar-refractivity contribution is 0.302. The van der Waals surface area contributed by atoms with Crippen LogP contribution in [0.3, 0.4) is 0 Å². The van der Waals surface area contributed by atoms with E-state index in [0.717, 1.165) is 30.2 Å². The van der Waals surface area contributed by atoms with E-state index in [0.29, 0.717) is 12.1 Å². The summed E-state index contributed by atoms with van der Waals surface area (Å²) in [6.45, 7) is 1.85. The summed E-state index contributed by atoms with van der Waals surface area (Å²) < 4.78 is 10.8. The van der Waals surface area contributed by atoms with Crippen LogP contribution in [0.5, 0.6) is 11.5 Å². The zero-order valence-corrected chi connectivity index (χ0v) is 14.4. The van der Waals surface area contributed by atoms with Gasteiger partial charge in [0.25, 0.3) is 0 Å². The fourth-order valence-electron chi connectivity index (χ4n) is 3.36. The molecule has 1 heterocycles. The van der Waals surface area contributed by atoms with Gasteiger partial charge in [0.15, 0.2) is 0 Å². The molecule has 1 fully saturated rings. The third kappa shape index (κ3) is 3.89. The predicted octanol–water partition coefficient (Wildman–Crippen LogP) is 3.29. The van der Waals surface area contributed by atoms with Crippen molar-refractivity contribution in [2.24, 2.45) is 0 Å².